The number of benzene rings is 2. The average Bonchev–Trinajstić information content (AvgIpc) is 2.87. The molecule has 3 rings (SSSR count). The van der Waals surface area contributed by atoms with E-state index in [1.54, 1.807) is 24.3 Å². The van der Waals surface area contributed by atoms with Gasteiger partial charge in [0.2, 0.25) is 0 Å². The Hall–Kier alpha value is -1.01. The largest absolute Gasteiger partial charge is 0.452 e. The fourth-order valence-electron chi connectivity index (χ4n) is 1.68. The maximum Gasteiger partial charge on any atom is 0.175 e. The monoisotopic (exact) mass is 391 g/mol. The third-order valence-corrected chi connectivity index (χ3v) is 4.33. The molecule has 1 N–H and O–H groups in total. The van der Waals surface area contributed by atoms with E-state index >= 15 is 0 Å². The summed E-state index contributed by atoms with van der Waals surface area (Å²) in [6.45, 7) is 0. The van der Waals surface area contributed by atoms with Gasteiger partial charge in [0.15, 0.2) is 11.3 Å². The first-order valence-corrected chi connectivity index (χ1v) is 7.30. The minimum absolute atomic E-state index is 0.369. The van der Waals surface area contributed by atoms with Crippen LogP contribution in [0.15, 0.2) is 28.7 Å². The first-order chi connectivity index (χ1) is 9.56. The number of nitrogens with one attached hydrogen (secondary N) is 1. The molecule has 0 fully saturated rings. The number of halogens is 4. The van der Waals surface area contributed by atoms with Crippen molar-refractivity contribution in [1.29, 1.82) is 0 Å². The smallest absolute Gasteiger partial charge is 0.175 e. The molecule has 2 aromatic carbocycles. The molecule has 8 heteroatoms. The molecule has 3 aromatic rings. The lowest BCUT2D eigenvalue weighted by Gasteiger charge is -2.11. The first-order valence-electron chi connectivity index (χ1n) is 5.38. The van der Waals surface area contributed by atoms with Crippen molar-refractivity contribution in [2.45, 2.75) is 0 Å². The van der Waals surface area contributed by atoms with Gasteiger partial charge in [-0.1, -0.05) is 40.0 Å². The topological polar surface area (TPSA) is 50.8 Å². The molecular weight excluding hydrogens is 388 g/mol. The van der Waals surface area contributed by atoms with E-state index in [2.05, 4.69) is 31.3 Å². The summed E-state index contributed by atoms with van der Waals surface area (Å²) in [6.07, 6.45) is 0. The van der Waals surface area contributed by atoms with E-state index in [9.17, 15) is 0 Å². The van der Waals surface area contributed by atoms with Gasteiger partial charge in [-0.25, -0.2) is 0 Å². The number of rotatable bonds is 2. The van der Waals surface area contributed by atoms with Gasteiger partial charge in [0.1, 0.15) is 5.75 Å². The molecular formula is C12H5BrCl3N3O. The zero-order valence-electron chi connectivity index (χ0n) is 9.62. The normalized spacial score (nSPS) is 11.0. The van der Waals surface area contributed by atoms with Crippen molar-refractivity contribution in [1.82, 2.24) is 15.4 Å². The number of hydrogen-bond donors (Lipinski definition) is 1. The highest BCUT2D eigenvalue weighted by molar-refractivity contribution is 9.10. The highest BCUT2D eigenvalue weighted by Crippen LogP contribution is 2.41. The van der Waals surface area contributed by atoms with Gasteiger partial charge in [-0.15, -0.1) is 5.10 Å². The Bertz CT molecular complexity index is 806. The van der Waals surface area contributed by atoms with Crippen molar-refractivity contribution in [3.8, 4) is 11.5 Å². The van der Waals surface area contributed by atoms with Crippen molar-refractivity contribution in [2.24, 2.45) is 0 Å². The van der Waals surface area contributed by atoms with Crippen molar-refractivity contribution >= 4 is 61.8 Å². The van der Waals surface area contributed by atoms with Crippen LogP contribution in [0.3, 0.4) is 0 Å². The molecule has 1 aromatic heterocycles. The van der Waals surface area contributed by atoms with Crippen molar-refractivity contribution < 1.29 is 4.74 Å². The molecule has 0 amide bonds. The minimum atomic E-state index is 0.369. The summed E-state index contributed by atoms with van der Waals surface area (Å²) < 4.78 is 6.40. The van der Waals surface area contributed by atoms with Gasteiger partial charge in [0.05, 0.1) is 15.6 Å². The molecule has 0 bridgehead atoms. The lowest BCUT2D eigenvalue weighted by Crippen LogP contribution is -1.89. The SMILES string of the molecule is Clc1cc(Br)c(Cl)c(Oc2c(Cl)ccc3[nH]nnc23)c1. The molecule has 0 saturated heterocycles. The Morgan fingerprint density at radius 1 is 1.15 bits per heavy atom. The van der Waals surface area contributed by atoms with Gasteiger partial charge in [0, 0.05) is 15.6 Å². The second kappa shape index (κ2) is 5.41. The Morgan fingerprint density at radius 3 is 2.75 bits per heavy atom. The number of fused-ring (bicyclic) bond motifs is 1. The van der Waals surface area contributed by atoms with E-state index in [1.165, 1.54) is 0 Å². The van der Waals surface area contributed by atoms with Crippen molar-refractivity contribution in [3.05, 3.63) is 43.8 Å². The van der Waals surface area contributed by atoms with Crippen LogP contribution in [0, 0.1) is 0 Å². The van der Waals surface area contributed by atoms with Crippen LogP contribution in [0.1, 0.15) is 0 Å². The Balaban J connectivity index is 2.14. The fourth-order valence-corrected chi connectivity index (χ4v) is 2.80. The predicted octanol–water partition coefficient (Wildman–Crippen LogP) is 5.47. The number of ether oxygens (including phenoxy) is 1. The summed E-state index contributed by atoms with van der Waals surface area (Å²) in [4.78, 5) is 0. The quantitative estimate of drug-likeness (QED) is 0.587. The third-order valence-electron chi connectivity index (χ3n) is 2.58. The van der Waals surface area contributed by atoms with Crippen LogP contribution < -0.4 is 4.74 Å². The van der Waals surface area contributed by atoms with E-state index in [0.717, 1.165) is 0 Å². The van der Waals surface area contributed by atoms with Crippen molar-refractivity contribution in [2.75, 3.05) is 0 Å². The molecule has 0 aliphatic rings. The van der Waals surface area contributed by atoms with Gasteiger partial charge in [-0.3, -0.25) is 5.10 Å². The molecule has 0 aliphatic carbocycles. The molecule has 0 radical (unpaired) electrons. The molecule has 0 unspecified atom stereocenters. The van der Waals surface area contributed by atoms with Crippen LogP contribution in [0.2, 0.25) is 15.1 Å². The Labute approximate surface area is 137 Å². The fraction of sp³-hybridized carbons (Fsp3) is 0. The number of aromatic amines is 1. The second-order valence-electron chi connectivity index (χ2n) is 3.89. The standard InChI is InChI=1S/C12H5BrCl3N3O/c13-6-3-5(14)4-9(10(6)16)20-12-7(15)1-2-8-11(12)18-19-17-8/h1-4H,(H,17,18,19). The lowest BCUT2D eigenvalue weighted by atomic mass is 10.3. The average molecular weight is 393 g/mol. The van der Waals surface area contributed by atoms with Crippen LogP contribution in [0.5, 0.6) is 11.5 Å². The molecule has 102 valence electrons. The molecule has 20 heavy (non-hydrogen) atoms. The van der Waals surface area contributed by atoms with Crippen molar-refractivity contribution in [3.63, 3.8) is 0 Å². The van der Waals surface area contributed by atoms with E-state index in [0.29, 0.717) is 42.1 Å². The first kappa shape index (κ1) is 13.9. The summed E-state index contributed by atoms with van der Waals surface area (Å²) in [5.41, 5.74) is 1.23. The number of hydrogen-bond acceptors (Lipinski definition) is 3. The van der Waals surface area contributed by atoms with Crippen LogP contribution in [0.25, 0.3) is 11.0 Å². The third kappa shape index (κ3) is 2.46. The van der Waals surface area contributed by atoms with E-state index in [4.69, 9.17) is 39.5 Å². The lowest BCUT2D eigenvalue weighted by molar-refractivity contribution is 0.487. The molecule has 1 heterocycles. The Kier molecular flexibility index (Phi) is 3.77. The molecule has 4 nitrogen and oxygen atoms in total. The Morgan fingerprint density at radius 2 is 1.95 bits per heavy atom. The highest BCUT2D eigenvalue weighted by atomic mass is 79.9. The summed E-state index contributed by atoms with van der Waals surface area (Å²) in [5.74, 6) is 0.748. The predicted molar refractivity (Wildman–Crippen MR) is 83.1 cm³/mol. The van der Waals surface area contributed by atoms with Gasteiger partial charge >= 0.3 is 0 Å². The van der Waals surface area contributed by atoms with Gasteiger partial charge in [-0.2, -0.15) is 0 Å². The van der Waals surface area contributed by atoms with E-state index in [1.807, 2.05) is 0 Å². The van der Waals surface area contributed by atoms with Gasteiger partial charge in [-0.05, 0) is 34.1 Å². The maximum atomic E-state index is 6.18. The van der Waals surface area contributed by atoms with Crippen LogP contribution in [-0.2, 0) is 0 Å². The van der Waals surface area contributed by atoms with Crippen LogP contribution in [0.4, 0.5) is 0 Å². The number of nitrogens with zero attached hydrogens (tertiary/aromatic N) is 2. The summed E-state index contributed by atoms with van der Waals surface area (Å²) in [7, 11) is 0. The van der Waals surface area contributed by atoms with E-state index in [-0.39, 0.29) is 0 Å². The number of H-pyrrole nitrogens is 1. The number of aromatic nitrogens is 3. The maximum absolute atomic E-state index is 6.18. The molecule has 0 spiro atoms. The zero-order valence-corrected chi connectivity index (χ0v) is 13.5. The minimum Gasteiger partial charge on any atom is -0.452 e. The zero-order chi connectivity index (χ0) is 14.3. The second-order valence-corrected chi connectivity index (χ2v) is 5.96. The summed E-state index contributed by atoms with van der Waals surface area (Å²) in [5, 5.41) is 11.7. The van der Waals surface area contributed by atoms with Gasteiger partial charge < -0.3 is 4.74 Å². The summed E-state index contributed by atoms with van der Waals surface area (Å²) in [6, 6.07) is 6.73. The molecule has 0 atom stereocenters. The molecule has 0 saturated carbocycles. The van der Waals surface area contributed by atoms with Gasteiger partial charge in [0.25, 0.3) is 0 Å². The van der Waals surface area contributed by atoms with E-state index < -0.39 is 0 Å². The summed E-state index contributed by atoms with van der Waals surface area (Å²) >= 11 is 21.6. The van der Waals surface area contributed by atoms with Crippen LogP contribution in [-0.4, -0.2) is 15.4 Å². The molecule has 0 aliphatic heterocycles. The van der Waals surface area contributed by atoms with Crippen LogP contribution >= 0.6 is 50.7 Å². The highest BCUT2D eigenvalue weighted by Gasteiger charge is 2.15.